The monoisotopic (exact) mass is 266 g/mol. The molecule has 1 atom stereocenters. The van der Waals surface area contributed by atoms with Crippen LogP contribution in [-0.4, -0.2) is 25.4 Å². The average Bonchev–Trinajstić information content (AvgIpc) is 2.35. The second-order valence-corrected chi connectivity index (χ2v) is 6.70. The zero-order valence-corrected chi connectivity index (χ0v) is 12.8. The van der Waals surface area contributed by atoms with Gasteiger partial charge in [-0.1, -0.05) is 27.2 Å². The van der Waals surface area contributed by atoms with E-state index in [-0.39, 0.29) is 0 Å². The molecule has 0 aliphatic carbocycles. The van der Waals surface area contributed by atoms with Crippen molar-refractivity contribution in [3.05, 3.63) is 24.3 Å². The van der Waals surface area contributed by atoms with Crippen molar-refractivity contribution in [2.24, 2.45) is 11.7 Å². The van der Waals surface area contributed by atoms with Crippen LogP contribution in [0.3, 0.4) is 0 Å². The lowest BCUT2D eigenvalue weighted by molar-refractivity contribution is 0.521. The SMILES string of the molecule is CCC(CN)CN(C)c1ccc(SC(C)C)cc1. The van der Waals surface area contributed by atoms with Crippen molar-refractivity contribution in [1.82, 2.24) is 0 Å². The molecule has 0 fully saturated rings. The van der Waals surface area contributed by atoms with E-state index < -0.39 is 0 Å². The Bertz CT molecular complexity index is 331. The van der Waals surface area contributed by atoms with Gasteiger partial charge >= 0.3 is 0 Å². The summed E-state index contributed by atoms with van der Waals surface area (Å²) in [6.07, 6.45) is 1.14. The van der Waals surface area contributed by atoms with Gasteiger partial charge in [0.05, 0.1) is 0 Å². The standard InChI is InChI=1S/C15H26N2S/c1-5-13(10-16)11-17(4)14-6-8-15(9-7-14)18-12(2)3/h6-9,12-13H,5,10-11,16H2,1-4H3. The van der Waals surface area contributed by atoms with Crippen LogP contribution in [0.1, 0.15) is 27.2 Å². The van der Waals surface area contributed by atoms with Crippen molar-refractivity contribution in [3.8, 4) is 0 Å². The molecular formula is C15H26N2S. The summed E-state index contributed by atoms with van der Waals surface area (Å²) in [5.41, 5.74) is 7.03. The summed E-state index contributed by atoms with van der Waals surface area (Å²) in [4.78, 5) is 3.64. The maximum absolute atomic E-state index is 5.76. The molecule has 2 nitrogen and oxygen atoms in total. The molecule has 18 heavy (non-hydrogen) atoms. The van der Waals surface area contributed by atoms with Gasteiger partial charge < -0.3 is 10.6 Å². The van der Waals surface area contributed by atoms with E-state index in [9.17, 15) is 0 Å². The summed E-state index contributed by atoms with van der Waals surface area (Å²) in [6, 6.07) is 8.82. The molecule has 0 spiro atoms. The number of hydrogen-bond acceptors (Lipinski definition) is 3. The average molecular weight is 266 g/mol. The van der Waals surface area contributed by atoms with Crippen LogP contribution in [0.4, 0.5) is 5.69 Å². The Hall–Kier alpha value is -0.670. The van der Waals surface area contributed by atoms with Crippen LogP contribution < -0.4 is 10.6 Å². The fourth-order valence-electron chi connectivity index (χ4n) is 1.91. The van der Waals surface area contributed by atoms with Gasteiger partial charge in [-0.25, -0.2) is 0 Å². The molecule has 0 aliphatic heterocycles. The second kappa shape index (κ2) is 7.70. The topological polar surface area (TPSA) is 29.3 Å². The lowest BCUT2D eigenvalue weighted by Gasteiger charge is -2.24. The van der Waals surface area contributed by atoms with Gasteiger partial charge in [-0.3, -0.25) is 0 Å². The van der Waals surface area contributed by atoms with Gasteiger partial charge in [0, 0.05) is 29.4 Å². The highest BCUT2D eigenvalue weighted by Crippen LogP contribution is 2.25. The highest BCUT2D eigenvalue weighted by molar-refractivity contribution is 7.99. The normalized spacial score (nSPS) is 12.8. The Morgan fingerprint density at radius 3 is 2.28 bits per heavy atom. The molecule has 0 heterocycles. The smallest absolute Gasteiger partial charge is 0.0364 e. The first-order valence-electron chi connectivity index (χ1n) is 6.74. The minimum Gasteiger partial charge on any atom is -0.374 e. The molecule has 0 saturated carbocycles. The summed E-state index contributed by atoms with van der Waals surface area (Å²) >= 11 is 1.90. The Kier molecular flexibility index (Phi) is 6.58. The van der Waals surface area contributed by atoms with Gasteiger partial charge in [-0.05, 0) is 36.7 Å². The maximum atomic E-state index is 5.76. The molecule has 0 aromatic heterocycles. The molecule has 1 rings (SSSR count). The third kappa shape index (κ3) is 4.91. The third-order valence-electron chi connectivity index (χ3n) is 3.09. The molecular weight excluding hydrogens is 240 g/mol. The molecule has 1 unspecified atom stereocenters. The van der Waals surface area contributed by atoms with Crippen LogP contribution >= 0.6 is 11.8 Å². The van der Waals surface area contributed by atoms with Crippen LogP contribution in [0.15, 0.2) is 29.2 Å². The largest absolute Gasteiger partial charge is 0.374 e. The van der Waals surface area contributed by atoms with Crippen molar-refractivity contribution in [2.75, 3.05) is 25.0 Å². The van der Waals surface area contributed by atoms with Crippen LogP contribution in [-0.2, 0) is 0 Å². The predicted octanol–water partition coefficient (Wildman–Crippen LogP) is 3.61. The summed E-state index contributed by atoms with van der Waals surface area (Å²) < 4.78 is 0. The van der Waals surface area contributed by atoms with Gasteiger partial charge in [0.15, 0.2) is 0 Å². The van der Waals surface area contributed by atoms with Crippen molar-refractivity contribution in [3.63, 3.8) is 0 Å². The Morgan fingerprint density at radius 2 is 1.83 bits per heavy atom. The molecule has 3 heteroatoms. The van der Waals surface area contributed by atoms with Crippen molar-refractivity contribution in [2.45, 2.75) is 37.3 Å². The highest BCUT2D eigenvalue weighted by Gasteiger charge is 2.08. The predicted molar refractivity (Wildman–Crippen MR) is 83.5 cm³/mol. The Balaban J connectivity index is 2.61. The Labute approximate surface area is 116 Å². The van der Waals surface area contributed by atoms with E-state index in [1.54, 1.807) is 0 Å². The van der Waals surface area contributed by atoms with Gasteiger partial charge in [0.2, 0.25) is 0 Å². The molecule has 1 aromatic rings. The lowest BCUT2D eigenvalue weighted by atomic mass is 10.1. The van der Waals surface area contributed by atoms with E-state index in [1.807, 2.05) is 11.8 Å². The fraction of sp³-hybridized carbons (Fsp3) is 0.600. The van der Waals surface area contributed by atoms with E-state index in [0.717, 1.165) is 19.5 Å². The van der Waals surface area contributed by atoms with Gasteiger partial charge in [-0.15, -0.1) is 11.8 Å². The van der Waals surface area contributed by atoms with Gasteiger partial charge in [0.1, 0.15) is 0 Å². The quantitative estimate of drug-likeness (QED) is 0.765. The number of nitrogens with zero attached hydrogens (tertiary/aromatic N) is 1. The molecule has 0 radical (unpaired) electrons. The summed E-state index contributed by atoms with van der Waals surface area (Å²) in [5.74, 6) is 0.583. The second-order valence-electron chi connectivity index (χ2n) is 5.05. The van der Waals surface area contributed by atoms with Gasteiger partial charge in [-0.2, -0.15) is 0 Å². The number of anilines is 1. The summed E-state index contributed by atoms with van der Waals surface area (Å²) in [6.45, 7) is 8.44. The van der Waals surface area contributed by atoms with Crippen molar-refractivity contribution >= 4 is 17.4 Å². The summed E-state index contributed by atoms with van der Waals surface area (Å²) in [5, 5.41) is 0.635. The van der Waals surface area contributed by atoms with Crippen LogP contribution in [0.5, 0.6) is 0 Å². The first-order chi connectivity index (χ1) is 8.56. The zero-order valence-electron chi connectivity index (χ0n) is 12.0. The number of benzene rings is 1. The number of hydrogen-bond donors (Lipinski definition) is 1. The molecule has 2 N–H and O–H groups in total. The molecule has 102 valence electrons. The van der Waals surface area contributed by atoms with Crippen molar-refractivity contribution in [1.29, 1.82) is 0 Å². The highest BCUT2D eigenvalue weighted by atomic mass is 32.2. The first-order valence-corrected chi connectivity index (χ1v) is 7.62. The number of thioether (sulfide) groups is 1. The summed E-state index contributed by atoms with van der Waals surface area (Å²) in [7, 11) is 2.14. The van der Waals surface area contributed by atoms with Crippen molar-refractivity contribution < 1.29 is 0 Å². The molecule has 1 aromatic carbocycles. The molecule has 0 aliphatic rings. The Morgan fingerprint density at radius 1 is 1.22 bits per heavy atom. The van der Waals surface area contributed by atoms with E-state index in [4.69, 9.17) is 5.73 Å². The van der Waals surface area contributed by atoms with Crippen LogP contribution in [0.2, 0.25) is 0 Å². The van der Waals surface area contributed by atoms with Crippen LogP contribution in [0, 0.1) is 5.92 Å². The zero-order chi connectivity index (χ0) is 13.5. The third-order valence-corrected chi connectivity index (χ3v) is 4.11. The maximum Gasteiger partial charge on any atom is 0.0364 e. The number of nitrogens with two attached hydrogens (primary N) is 1. The fourth-order valence-corrected chi connectivity index (χ4v) is 2.75. The van der Waals surface area contributed by atoms with Gasteiger partial charge in [0.25, 0.3) is 0 Å². The minimum atomic E-state index is 0.583. The van der Waals surface area contributed by atoms with E-state index >= 15 is 0 Å². The molecule has 0 saturated heterocycles. The van der Waals surface area contributed by atoms with E-state index in [0.29, 0.717) is 11.2 Å². The minimum absolute atomic E-state index is 0.583. The van der Waals surface area contributed by atoms with E-state index in [2.05, 4.69) is 57.0 Å². The lowest BCUT2D eigenvalue weighted by Crippen LogP contribution is -2.29. The van der Waals surface area contributed by atoms with E-state index in [1.165, 1.54) is 10.6 Å². The molecule has 0 bridgehead atoms. The first kappa shape index (κ1) is 15.4. The number of rotatable bonds is 7. The van der Waals surface area contributed by atoms with Crippen LogP contribution in [0.25, 0.3) is 0 Å². The molecule has 0 amide bonds.